The highest BCUT2D eigenvalue weighted by molar-refractivity contribution is 5.94. The van der Waals surface area contributed by atoms with Crippen LogP contribution < -0.4 is 15.4 Å². The van der Waals surface area contributed by atoms with Crippen molar-refractivity contribution in [3.63, 3.8) is 0 Å². The number of urea groups is 1. The van der Waals surface area contributed by atoms with E-state index in [1.165, 1.54) is 6.42 Å². The highest BCUT2D eigenvalue weighted by Gasteiger charge is 2.41. The van der Waals surface area contributed by atoms with E-state index in [2.05, 4.69) is 22.5 Å². The van der Waals surface area contributed by atoms with Gasteiger partial charge in [-0.15, -0.1) is 0 Å². The monoisotopic (exact) mass is 518 g/mol. The molecule has 0 aromatic heterocycles. The zero-order valence-corrected chi connectivity index (χ0v) is 23.1. The lowest BCUT2D eigenvalue weighted by molar-refractivity contribution is 0.0724. The fraction of sp³-hybridized carbons (Fsp3) is 0.548. The molecule has 1 atom stereocenters. The number of likely N-dealkylation sites (tertiary alicyclic amines) is 1. The molecule has 2 aromatic carbocycles. The van der Waals surface area contributed by atoms with Gasteiger partial charge in [0, 0.05) is 30.7 Å². The molecule has 3 amide bonds. The summed E-state index contributed by atoms with van der Waals surface area (Å²) >= 11 is 0. The summed E-state index contributed by atoms with van der Waals surface area (Å²) in [7, 11) is 0. The van der Waals surface area contributed by atoms with E-state index < -0.39 is 5.54 Å². The van der Waals surface area contributed by atoms with Gasteiger partial charge in [-0.3, -0.25) is 4.79 Å². The van der Waals surface area contributed by atoms with E-state index in [0.717, 1.165) is 70.4 Å². The number of benzene rings is 2. The first-order valence-electron chi connectivity index (χ1n) is 14.2. The van der Waals surface area contributed by atoms with Gasteiger partial charge in [0.05, 0.1) is 5.54 Å². The van der Waals surface area contributed by atoms with Gasteiger partial charge in [0.2, 0.25) is 0 Å². The lowest BCUT2D eigenvalue weighted by atomic mass is 9.79. The summed E-state index contributed by atoms with van der Waals surface area (Å²) in [5.41, 5.74) is 0.989. The Balaban J connectivity index is 1.17. The maximum atomic E-state index is 13.1. The van der Waals surface area contributed by atoms with E-state index in [1.807, 2.05) is 67.3 Å². The van der Waals surface area contributed by atoms with Gasteiger partial charge in [-0.25, -0.2) is 4.79 Å². The second kappa shape index (κ2) is 11.0. The van der Waals surface area contributed by atoms with Crippen molar-refractivity contribution in [2.45, 2.75) is 70.4 Å². The Bertz CT molecular complexity index is 1120. The molecule has 4 fully saturated rings. The van der Waals surface area contributed by atoms with Crippen LogP contribution in [-0.4, -0.2) is 60.0 Å². The van der Waals surface area contributed by atoms with Gasteiger partial charge in [-0.05, 0) is 120 Å². The number of amides is 3. The molecule has 0 saturated carbocycles. The molecule has 7 heteroatoms. The van der Waals surface area contributed by atoms with Crippen LogP contribution in [0.1, 0.15) is 75.2 Å². The Morgan fingerprint density at radius 2 is 1.47 bits per heavy atom. The highest BCUT2D eigenvalue weighted by atomic mass is 16.5. The summed E-state index contributed by atoms with van der Waals surface area (Å²) in [6.45, 7) is 11.3. The van der Waals surface area contributed by atoms with E-state index in [9.17, 15) is 9.59 Å². The maximum Gasteiger partial charge on any atom is 0.315 e. The van der Waals surface area contributed by atoms with Crippen LogP contribution in [0.15, 0.2) is 48.5 Å². The molecule has 1 unspecified atom stereocenters. The number of piperidine rings is 2. The van der Waals surface area contributed by atoms with E-state index in [0.29, 0.717) is 23.0 Å². The van der Waals surface area contributed by atoms with Crippen LogP contribution in [0.5, 0.6) is 11.5 Å². The summed E-state index contributed by atoms with van der Waals surface area (Å²) in [5.74, 6) is 2.02. The van der Waals surface area contributed by atoms with Gasteiger partial charge in [0.25, 0.3) is 5.91 Å². The fourth-order valence-electron chi connectivity index (χ4n) is 6.22. The van der Waals surface area contributed by atoms with Gasteiger partial charge in [-0.2, -0.15) is 0 Å². The van der Waals surface area contributed by atoms with Crippen LogP contribution >= 0.6 is 0 Å². The molecule has 204 valence electrons. The van der Waals surface area contributed by atoms with Crippen molar-refractivity contribution >= 4 is 11.9 Å². The third-order valence-electron chi connectivity index (χ3n) is 8.82. The number of rotatable bonds is 6. The first-order valence-corrected chi connectivity index (χ1v) is 14.2. The zero-order valence-electron chi connectivity index (χ0n) is 23.1. The quantitative estimate of drug-likeness (QED) is 0.529. The predicted octanol–water partition coefficient (Wildman–Crippen LogP) is 5.51. The van der Waals surface area contributed by atoms with E-state index >= 15 is 0 Å². The number of nitrogens with zero attached hydrogens (tertiary/aromatic N) is 2. The van der Waals surface area contributed by atoms with Crippen molar-refractivity contribution in [2.75, 3.05) is 32.7 Å². The van der Waals surface area contributed by atoms with E-state index in [-0.39, 0.29) is 17.5 Å². The van der Waals surface area contributed by atoms with Crippen LogP contribution in [0.4, 0.5) is 4.79 Å². The second-order valence-electron chi connectivity index (χ2n) is 12.0. The minimum Gasteiger partial charge on any atom is -0.457 e. The predicted molar refractivity (Wildman–Crippen MR) is 150 cm³/mol. The molecule has 4 saturated heterocycles. The summed E-state index contributed by atoms with van der Waals surface area (Å²) in [5, 5.41) is 6.53. The average molecular weight is 519 g/mol. The first-order chi connectivity index (χ1) is 18.2. The number of carbonyl (C=O) groups excluding carboxylic acids is 2. The number of fused-ring (bicyclic) bond motifs is 4. The summed E-state index contributed by atoms with van der Waals surface area (Å²) in [6, 6.07) is 15.1. The van der Waals surface area contributed by atoms with E-state index in [4.69, 9.17) is 4.74 Å². The maximum absolute atomic E-state index is 13.1. The standard InChI is InChI=1S/C31H42N4O3/c1-30(2,32-29(37)33-31(3)17-22-34-20-15-25(31)16-21-34)24-9-13-27(14-10-24)38-26-11-7-23(8-12-26)28(36)35-18-5-4-6-19-35/h7-14,25H,4-6,15-22H2,1-3H3,(H2,32,33,37). The van der Waals surface area contributed by atoms with Gasteiger partial charge >= 0.3 is 6.03 Å². The Hall–Kier alpha value is -3.06. The number of carbonyl (C=O) groups is 2. The van der Waals surface area contributed by atoms with Crippen molar-refractivity contribution < 1.29 is 14.3 Å². The number of ether oxygens (including phenoxy) is 1. The molecule has 6 rings (SSSR count). The Labute approximate surface area is 226 Å². The molecule has 2 aromatic rings. The Morgan fingerprint density at radius 3 is 2.11 bits per heavy atom. The van der Waals surface area contributed by atoms with Gasteiger partial charge < -0.3 is 25.2 Å². The van der Waals surface area contributed by atoms with Crippen molar-refractivity contribution in [3.05, 3.63) is 59.7 Å². The van der Waals surface area contributed by atoms with Crippen LogP contribution in [0.2, 0.25) is 0 Å². The van der Waals surface area contributed by atoms with Gasteiger partial charge in [0.15, 0.2) is 0 Å². The van der Waals surface area contributed by atoms with Crippen LogP contribution in [0, 0.1) is 5.92 Å². The zero-order chi connectivity index (χ0) is 26.8. The molecule has 2 N–H and O–H groups in total. The second-order valence-corrected chi connectivity index (χ2v) is 12.0. The van der Waals surface area contributed by atoms with Crippen LogP contribution in [0.25, 0.3) is 0 Å². The summed E-state index contributed by atoms with van der Waals surface area (Å²) in [6.07, 6.45) is 6.66. The molecular formula is C31H42N4O3. The molecule has 7 nitrogen and oxygen atoms in total. The third kappa shape index (κ3) is 5.98. The van der Waals surface area contributed by atoms with Crippen LogP contribution in [-0.2, 0) is 5.54 Å². The van der Waals surface area contributed by atoms with Crippen molar-refractivity contribution in [1.82, 2.24) is 20.4 Å². The fourth-order valence-corrected chi connectivity index (χ4v) is 6.22. The molecular weight excluding hydrogens is 476 g/mol. The molecule has 0 radical (unpaired) electrons. The minimum absolute atomic E-state index is 0.0950. The Kier molecular flexibility index (Phi) is 7.66. The van der Waals surface area contributed by atoms with Gasteiger partial charge in [-0.1, -0.05) is 12.1 Å². The number of hydrogen-bond acceptors (Lipinski definition) is 4. The van der Waals surface area contributed by atoms with Crippen molar-refractivity contribution in [3.8, 4) is 11.5 Å². The summed E-state index contributed by atoms with van der Waals surface area (Å²) < 4.78 is 6.03. The molecule has 2 bridgehead atoms. The normalized spacial score (nSPS) is 25.4. The van der Waals surface area contributed by atoms with Crippen molar-refractivity contribution in [1.29, 1.82) is 0 Å². The van der Waals surface area contributed by atoms with E-state index in [1.54, 1.807) is 0 Å². The van der Waals surface area contributed by atoms with Crippen LogP contribution in [0.3, 0.4) is 0 Å². The topological polar surface area (TPSA) is 73.9 Å². The first kappa shape index (κ1) is 26.5. The SMILES string of the molecule is CC(C)(NC(=O)NC1(C)CCN2CCC1CC2)c1ccc(Oc2ccc(C(=O)N3CCCCC3)cc2)cc1. The number of hydrogen-bond donors (Lipinski definition) is 2. The molecule has 38 heavy (non-hydrogen) atoms. The summed E-state index contributed by atoms with van der Waals surface area (Å²) in [4.78, 5) is 30.2. The smallest absolute Gasteiger partial charge is 0.315 e. The molecule has 4 aliphatic heterocycles. The van der Waals surface area contributed by atoms with Gasteiger partial charge in [0.1, 0.15) is 11.5 Å². The molecule has 4 heterocycles. The average Bonchev–Trinajstić information content (AvgIpc) is 3.17. The lowest BCUT2D eigenvalue weighted by Gasteiger charge is -2.39. The third-order valence-corrected chi connectivity index (χ3v) is 8.82. The molecule has 0 spiro atoms. The number of nitrogens with one attached hydrogen (secondary N) is 2. The Morgan fingerprint density at radius 1 is 0.868 bits per heavy atom. The minimum atomic E-state index is -0.540. The largest absolute Gasteiger partial charge is 0.457 e. The highest BCUT2D eigenvalue weighted by Crippen LogP contribution is 2.35. The molecule has 0 aliphatic carbocycles. The molecule has 4 aliphatic rings. The van der Waals surface area contributed by atoms with Crippen molar-refractivity contribution in [2.24, 2.45) is 5.92 Å². The lowest BCUT2D eigenvalue weighted by Crippen LogP contribution is -2.57.